The van der Waals surface area contributed by atoms with Crippen LogP contribution in [-0.2, 0) is 10.0 Å². The van der Waals surface area contributed by atoms with Gasteiger partial charge in [0.2, 0.25) is 10.0 Å². The molecular formula is C13H20ClN3O4S. The van der Waals surface area contributed by atoms with Crippen LogP contribution in [0, 0.1) is 29.9 Å². The van der Waals surface area contributed by atoms with Crippen molar-refractivity contribution >= 4 is 28.1 Å². The fraction of sp³-hybridized carbons (Fsp3) is 0.538. The van der Waals surface area contributed by atoms with Gasteiger partial charge in [-0.1, -0.05) is 0 Å². The molecule has 0 saturated carbocycles. The SMILES string of the molecule is Cc1cc([N+](=O)[O-])c(S(=O)(=O)NCC2CCNC2)cc1C.Cl. The van der Waals surface area contributed by atoms with Crippen LogP contribution in [0.25, 0.3) is 0 Å². The first kappa shape index (κ1) is 18.8. The minimum absolute atomic E-state index is 0. The van der Waals surface area contributed by atoms with Gasteiger partial charge in [0, 0.05) is 12.6 Å². The Hall–Kier alpha value is -1.22. The summed E-state index contributed by atoms with van der Waals surface area (Å²) in [6.07, 6.45) is 0.900. The lowest BCUT2D eigenvalue weighted by Gasteiger charge is -2.12. The molecule has 9 heteroatoms. The van der Waals surface area contributed by atoms with Crippen molar-refractivity contribution in [1.82, 2.24) is 10.0 Å². The number of rotatable bonds is 5. The smallest absolute Gasteiger partial charge is 0.289 e. The van der Waals surface area contributed by atoms with Crippen LogP contribution in [0.2, 0.25) is 0 Å². The zero-order valence-corrected chi connectivity index (χ0v) is 14.1. The summed E-state index contributed by atoms with van der Waals surface area (Å²) in [6, 6.07) is 2.67. The van der Waals surface area contributed by atoms with Gasteiger partial charge in [-0.25, -0.2) is 13.1 Å². The fourth-order valence-electron chi connectivity index (χ4n) is 2.33. The molecule has 7 nitrogen and oxygen atoms in total. The van der Waals surface area contributed by atoms with Crippen LogP contribution in [0.5, 0.6) is 0 Å². The standard InChI is InChI=1S/C13H19N3O4S.ClH/c1-9-5-12(16(17)18)13(6-10(9)2)21(19,20)15-8-11-3-4-14-7-11;/h5-6,11,14-15H,3-4,7-8H2,1-2H3;1H. The summed E-state index contributed by atoms with van der Waals surface area (Å²) < 4.78 is 27.2. The van der Waals surface area contributed by atoms with Crippen molar-refractivity contribution in [3.63, 3.8) is 0 Å². The minimum atomic E-state index is -3.88. The van der Waals surface area contributed by atoms with Crippen molar-refractivity contribution < 1.29 is 13.3 Å². The molecule has 0 spiro atoms. The van der Waals surface area contributed by atoms with Crippen LogP contribution in [0.3, 0.4) is 0 Å². The average molecular weight is 350 g/mol. The predicted molar refractivity (Wildman–Crippen MR) is 86.0 cm³/mol. The summed E-state index contributed by atoms with van der Waals surface area (Å²) in [5, 5.41) is 14.2. The van der Waals surface area contributed by atoms with Crippen molar-refractivity contribution in [2.75, 3.05) is 19.6 Å². The number of sulfonamides is 1. The lowest BCUT2D eigenvalue weighted by atomic mass is 10.1. The summed E-state index contributed by atoms with van der Waals surface area (Å²) in [5.41, 5.74) is 1.03. The zero-order valence-electron chi connectivity index (χ0n) is 12.5. The second kappa shape index (κ2) is 7.36. The molecular weight excluding hydrogens is 330 g/mol. The maximum atomic E-state index is 12.3. The molecule has 1 heterocycles. The number of nitrogens with one attached hydrogen (secondary N) is 2. The third-order valence-corrected chi connectivity index (χ3v) is 5.24. The number of nitro groups is 1. The Morgan fingerprint density at radius 3 is 2.55 bits per heavy atom. The van der Waals surface area contributed by atoms with Gasteiger partial charge in [-0.15, -0.1) is 12.4 Å². The highest BCUT2D eigenvalue weighted by Crippen LogP contribution is 2.27. The summed E-state index contributed by atoms with van der Waals surface area (Å²) in [5.74, 6) is 0.227. The Bertz CT molecular complexity index is 657. The fourth-order valence-corrected chi connectivity index (χ4v) is 3.68. The molecule has 0 aromatic heterocycles. The number of nitro benzene ring substituents is 1. The molecule has 124 valence electrons. The highest BCUT2D eigenvalue weighted by atomic mass is 35.5. The normalized spacial score (nSPS) is 18.0. The number of aryl methyl sites for hydroxylation is 2. The lowest BCUT2D eigenvalue weighted by Crippen LogP contribution is -2.30. The molecule has 1 atom stereocenters. The molecule has 1 aromatic carbocycles. The van der Waals surface area contributed by atoms with Gasteiger partial charge in [0.25, 0.3) is 5.69 Å². The number of halogens is 1. The monoisotopic (exact) mass is 349 g/mol. The van der Waals surface area contributed by atoms with Crippen LogP contribution in [-0.4, -0.2) is 33.0 Å². The Kier molecular flexibility index (Phi) is 6.30. The number of hydrogen-bond acceptors (Lipinski definition) is 5. The van der Waals surface area contributed by atoms with Gasteiger partial charge in [-0.05, 0) is 56.5 Å². The van der Waals surface area contributed by atoms with Crippen molar-refractivity contribution in [3.8, 4) is 0 Å². The van der Waals surface area contributed by atoms with E-state index < -0.39 is 14.9 Å². The maximum absolute atomic E-state index is 12.3. The molecule has 1 fully saturated rings. The van der Waals surface area contributed by atoms with Crippen molar-refractivity contribution in [1.29, 1.82) is 0 Å². The first-order chi connectivity index (χ1) is 9.81. The van der Waals surface area contributed by atoms with Gasteiger partial charge in [-0.3, -0.25) is 10.1 Å². The summed E-state index contributed by atoms with van der Waals surface area (Å²) in [7, 11) is -3.88. The lowest BCUT2D eigenvalue weighted by molar-refractivity contribution is -0.387. The van der Waals surface area contributed by atoms with Gasteiger partial charge < -0.3 is 5.32 Å². The first-order valence-electron chi connectivity index (χ1n) is 6.77. The average Bonchev–Trinajstić information content (AvgIpc) is 2.92. The van der Waals surface area contributed by atoms with E-state index in [4.69, 9.17) is 0 Å². The van der Waals surface area contributed by atoms with Gasteiger partial charge in [0.05, 0.1) is 4.92 Å². The number of nitrogens with zero attached hydrogens (tertiary/aromatic N) is 1. The van der Waals surface area contributed by atoms with Crippen molar-refractivity contribution in [2.24, 2.45) is 5.92 Å². The molecule has 0 aliphatic carbocycles. The van der Waals surface area contributed by atoms with Gasteiger partial charge in [0.15, 0.2) is 4.90 Å². The molecule has 1 aromatic rings. The van der Waals surface area contributed by atoms with E-state index in [-0.39, 0.29) is 28.9 Å². The molecule has 22 heavy (non-hydrogen) atoms. The molecule has 0 radical (unpaired) electrons. The Morgan fingerprint density at radius 1 is 1.36 bits per heavy atom. The van der Waals surface area contributed by atoms with Crippen LogP contribution in [0.1, 0.15) is 17.5 Å². The molecule has 0 amide bonds. The summed E-state index contributed by atoms with van der Waals surface area (Å²) in [6.45, 7) is 5.38. The van der Waals surface area contributed by atoms with E-state index in [2.05, 4.69) is 10.0 Å². The third kappa shape index (κ3) is 4.16. The van der Waals surface area contributed by atoms with Crippen LogP contribution in [0.4, 0.5) is 5.69 Å². The maximum Gasteiger partial charge on any atom is 0.289 e. The third-order valence-electron chi connectivity index (χ3n) is 3.79. The van der Waals surface area contributed by atoms with E-state index in [1.807, 2.05) is 0 Å². The van der Waals surface area contributed by atoms with Gasteiger partial charge in [-0.2, -0.15) is 0 Å². The van der Waals surface area contributed by atoms with E-state index in [0.717, 1.165) is 19.5 Å². The first-order valence-corrected chi connectivity index (χ1v) is 8.25. The van der Waals surface area contributed by atoms with E-state index in [0.29, 0.717) is 17.7 Å². The summed E-state index contributed by atoms with van der Waals surface area (Å²) in [4.78, 5) is 10.2. The Balaban J connectivity index is 0.00000242. The highest BCUT2D eigenvalue weighted by Gasteiger charge is 2.27. The van der Waals surface area contributed by atoms with Crippen molar-refractivity contribution in [3.05, 3.63) is 33.4 Å². The second-order valence-corrected chi connectivity index (χ2v) is 7.11. The largest absolute Gasteiger partial charge is 0.316 e. The minimum Gasteiger partial charge on any atom is -0.316 e. The number of hydrogen-bond donors (Lipinski definition) is 2. The second-order valence-electron chi connectivity index (χ2n) is 5.37. The molecule has 1 aliphatic rings. The zero-order chi connectivity index (χ0) is 15.6. The van der Waals surface area contributed by atoms with E-state index in [1.165, 1.54) is 12.1 Å². The predicted octanol–water partition coefficient (Wildman–Crippen LogP) is 1.52. The molecule has 2 rings (SSSR count). The Labute approximate surface area is 136 Å². The van der Waals surface area contributed by atoms with Crippen LogP contribution >= 0.6 is 12.4 Å². The molecule has 2 N–H and O–H groups in total. The van der Waals surface area contributed by atoms with E-state index in [1.54, 1.807) is 13.8 Å². The van der Waals surface area contributed by atoms with Crippen molar-refractivity contribution in [2.45, 2.75) is 25.2 Å². The highest BCUT2D eigenvalue weighted by molar-refractivity contribution is 7.89. The molecule has 1 unspecified atom stereocenters. The van der Waals surface area contributed by atoms with E-state index in [9.17, 15) is 18.5 Å². The van der Waals surface area contributed by atoms with Gasteiger partial charge in [0.1, 0.15) is 0 Å². The number of benzene rings is 1. The van der Waals surface area contributed by atoms with Gasteiger partial charge >= 0.3 is 0 Å². The quantitative estimate of drug-likeness (QED) is 0.620. The topological polar surface area (TPSA) is 101 Å². The van der Waals surface area contributed by atoms with Crippen LogP contribution < -0.4 is 10.0 Å². The molecule has 1 aliphatic heterocycles. The van der Waals surface area contributed by atoms with E-state index >= 15 is 0 Å². The van der Waals surface area contributed by atoms with Crippen LogP contribution in [0.15, 0.2) is 17.0 Å². The molecule has 1 saturated heterocycles. The Morgan fingerprint density at radius 2 is 2.00 bits per heavy atom. The molecule has 0 bridgehead atoms. The summed E-state index contributed by atoms with van der Waals surface area (Å²) >= 11 is 0.